The number of carbonyl (C=O) groups excluding carboxylic acids is 2. The third-order valence-electron chi connectivity index (χ3n) is 2.27. The average Bonchev–Trinajstić information content (AvgIpc) is 2.55. The molecule has 1 aromatic rings. The summed E-state index contributed by atoms with van der Waals surface area (Å²) in [6, 6.07) is 4.86. The number of esters is 2. The minimum atomic E-state index is -0.620. The van der Waals surface area contributed by atoms with Crippen LogP contribution in [0.1, 0.15) is 26.3 Å². The molecular weight excluding hydrogens is 210 g/mol. The van der Waals surface area contributed by atoms with Gasteiger partial charge in [-0.05, 0) is 29.6 Å². The van der Waals surface area contributed by atoms with Crippen molar-refractivity contribution in [3.63, 3.8) is 0 Å². The molecule has 0 atom stereocenters. The first-order valence-electron chi connectivity index (χ1n) is 4.62. The predicted octanol–water partition coefficient (Wildman–Crippen LogP) is 1.85. The highest BCUT2D eigenvalue weighted by Gasteiger charge is 2.29. The molecule has 0 aromatic heterocycles. The van der Waals surface area contributed by atoms with Gasteiger partial charge in [0.25, 0.3) is 0 Å². The highest BCUT2D eigenvalue weighted by molar-refractivity contribution is 6.14. The predicted molar refractivity (Wildman–Crippen MR) is 53.9 cm³/mol. The number of hydrogen-bond acceptors (Lipinski definition) is 4. The van der Waals surface area contributed by atoms with Gasteiger partial charge in [-0.2, -0.15) is 0 Å². The summed E-state index contributed by atoms with van der Waals surface area (Å²) in [6.45, 7) is 0.318. The molecular formula is C10H7N3O3. The SMILES string of the molecule is [N-]=[N+]=NCCc1ccc2c(c1)C(=O)OC2=O. The molecule has 1 aliphatic heterocycles. The van der Waals surface area contributed by atoms with E-state index in [9.17, 15) is 9.59 Å². The number of rotatable bonds is 3. The summed E-state index contributed by atoms with van der Waals surface area (Å²) in [5, 5.41) is 3.39. The van der Waals surface area contributed by atoms with Crippen LogP contribution >= 0.6 is 0 Å². The molecule has 0 radical (unpaired) electrons. The number of fused-ring (bicyclic) bond motifs is 1. The molecule has 0 aliphatic carbocycles. The summed E-state index contributed by atoms with van der Waals surface area (Å²) in [7, 11) is 0. The summed E-state index contributed by atoms with van der Waals surface area (Å²) in [6.07, 6.45) is 0.527. The Kier molecular flexibility index (Phi) is 2.57. The summed E-state index contributed by atoms with van der Waals surface area (Å²) < 4.78 is 4.45. The van der Waals surface area contributed by atoms with E-state index in [0.717, 1.165) is 5.56 Å². The molecule has 2 rings (SSSR count). The molecule has 0 amide bonds. The quantitative estimate of drug-likeness (QED) is 0.254. The van der Waals surface area contributed by atoms with Crippen LogP contribution in [0.5, 0.6) is 0 Å². The first-order valence-corrected chi connectivity index (χ1v) is 4.62. The van der Waals surface area contributed by atoms with E-state index < -0.39 is 11.9 Å². The number of hydrogen-bond donors (Lipinski definition) is 0. The zero-order valence-electron chi connectivity index (χ0n) is 8.21. The lowest BCUT2D eigenvalue weighted by molar-refractivity contribution is 0.0444. The fourth-order valence-electron chi connectivity index (χ4n) is 1.51. The van der Waals surface area contributed by atoms with Crippen molar-refractivity contribution in [2.75, 3.05) is 6.54 Å². The Labute approximate surface area is 90.5 Å². The number of benzene rings is 1. The van der Waals surface area contributed by atoms with E-state index >= 15 is 0 Å². The third kappa shape index (κ3) is 1.74. The van der Waals surface area contributed by atoms with Crippen LogP contribution in [0, 0.1) is 0 Å². The van der Waals surface area contributed by atoms with Crippen molar-refractivity contribution in [2.45, 2.75) is 6.42 Å². The first-order chi connectivity index (χ1) is 7.72. The first kappa shape index (κ1) is 10.2. The van der Waals surface area contributed by atoms with Gasteiger partial charge in [0.2, 0.25) is 0 Å². The fraction of sp³-hybridized carbons (Fsp3) is 0.200. The largest absolute Gasteiger partial charge is 0.386 e. The van der Waals surface area contributed by atoms with Crippen LogP contribution in [-0.4, -0.2) is 18.5 Å². The Morgan fingerprint density at radius 2 is 2.00 bits per heavy atom. The van der Waals surface area contributed by atoms with Gasteiger partial charge in [0.15, 0.2) is 0 Å². The number of azide groups is 1. The maximum atomic E-state index is 11.2. The highest BCUT2D eigenvalue weighted by Crippen LogP contribution is 2.21. The number of cyclic esters (lactones) is 2. The monoisotopic (exact) mass is 217 g/mol. The second-order valence-corrected chi connectivity index (χ2v) is 3.26. The van der Waals surface area contributed by atoms with Crippen LogP contribution in [-0.2, 0) is 11.2 Å². The molecule has 16 heavy (non-hydrogen) atoms. The summed E-state index contributed by atoms with van der Waals surface area (Å²) in [5.41, 5.74) is 9.52. The molecule has 0 fully saturated rings. The molecule has 0 unspecified atom stereocenters. The molecule has 0 spiro atoms. The molecule has 1 aliphatic rings. The van der Waals surface area contributed by atoms with Crippen LogP contribution in [0.2, 0.25) is 0 Å². The van der Waals surface area contributed by atoms with Crippen LogP contribution in [0.3, 0.4) is 0 Å². The third-order valence-corrected chi connectivity index (χ3v) is 2.27. The lowest BCUT2D eigenvalue weighted by atomic mass is 10.0. The maximum Gasteiger partial charge on any atom is 0.346 e. The standard InChI is InChI=1S/C10H7N3O3/c11-13-12-4-3-6-1-2-7-8(5-6)10(15)16-9(7)14/h1-2,5H,3-4H2. The zero-order chi connectivity index (χ0) is 11.5. The molecule has 0 N–H and O–H groups in total. The van der Waals surface area contributed by atoms with Gasteiger partial charge in [-0.15, -0.1) is 0 Å². The smallest absolute Gasteiger partial charge is 0.346 e. The Balaban J connectivity index is 2.26. The van der Waals surface area contributed by atoms with Gasteiger partial charge in [0.05, 0.1) is 11.1 Å². The van der Waals surface area contributed by atoms with Crippen LogP contribution in [0.25, 0.3) is 10.4 Å². The molecule has 0 saturated heterocycles. The Morgan fingerprint density at radius 3 is 2.75 bits per heavy atom. The van der Waals surface area contributed by atoms with E-state index in [1.165, 1.54) is 0 Å². The van der Waals surface area contributed by atoms with Gasteiger partial charge in [-0.3, -0.25) is 0 Å². The van der Waals surface area contributed by atoms with E-state index in [-0.39, 0.29) is 11.1 Å². The molecule has 6 heteroatoms. The number of carbonyl (C=O) groups is 2. The van der Waals surface area contributed by atoms with E-state index in [0.29, 0.717) is 13.0 Å². The summed E-state index contributed by atoms with van der Waals surface area (Å²) in [4.78, 5) is 25.0. The van der Waals surface area contributed by atoms with Gasteiger partial charge in [0, 0.05) is 11.5 Å². The Bertz CT molecular complexity index is 518. The normalized spacial score (nSPS) is 13.0. The Morgan fingerprint density at radius 1 is 1.25 bits per heavy atom. The molecule has 80 valence electrons. The van der Waals surface area contributed by atoms with Crippen molar-refractivity contribution in [1.82, 2.24) is 0 Å². The summed E-state index contributed by atoms with van der Waals surface area (Å²) in [5.74, 6) is -1.23. The van der Waals surface area contributed by atoms with Crippen LogP contribution in [0.15, 0.2) is 23.3 Å². The molecule has 1 heterocycles. The lowest BCUT2D eigenvalue weighted by Gasteiger charge is -1.98. The fourth-order valence-corrected chi connectivity index (χ4v) is 1.51. The average molecular weight is 217 g/mol. The van der Waals surface area contributed by atoms with Gasteiger partial charge in [-0.1, -0.05) is 11.2 Å². The van der Waals surface area contributed by atoms with Gasteiger partial charge in [-0.25, -0.2) is 9.59 Å². The zero-order valence-corrected chi connectivity index (χ0v) is 8.21. The van der Waals surface area contributed by atoms with E-state index in [4.69, 9.17) is 5.53 Å². The van der Waals surface area contributed by atoms with E-state index in [1.807, 2.05) is 0 Å². The second-order valence-electron chi connectivity index (χ2n) is 3.26. The van der Waals surface area contributed by atoms with Crippen molar-refractivity contribution in [2.24, 2.45) is 5.11 Å². The number of nitrogens with zero attached hydrogens (tertiary/aromatic N) is 3. The van der Waals surface area contributed by atoms with Crippen molar-refractivity contribution in [3.05, 3.63) is 45.3 Å². The minimum Gasteiger partial charge on any atom is -0.386 e. The van der Waals surface area contributed by atoms with Gasteiger partial charge < -0.3 is 4.74 Å². The summed E-state index contributed by atoms with van der Waals surface area (Å²) >= 11 is 0. The molecule has 6 nitrogen and oxygen atoms in total. The number of ether oxygens (including phenoxy) is 1. The Hall–Kier alpha value is -2.33. The van der Waals surface area contributed by atoms with Crippen molar-refractivity contribution in [1.29, 1.82) is 0 Å². The van der Waals surface area contributed by atoms with E-state index in [2.05, 4.69) is 14.8 Å². The van der Waals surface area contributed by atoms with Crippen molar-refractivity contribution in [3.8, 4) is 0 Å². The maximum absolute atomic E-state index is 11.2. The van der Waals surface area contributed by atoms with Crippen molar-refractivity contribution < 1.29 is 14.3 Å². The topological polar surface area (TPSA) is 92.1 Å². The molecule has 0 saturated carbocycles. The van der Waals surface area contributed by atoms with Gasteiger partial charge >= 0.3 is 11.9 Å². The van der Waals surface area contributed by atoms with Crippen LogP contribution < -0.4 is 0 Å². The molecule has 1 aromatic carbocycles. The lowest BCUT2D eigenvalue weighted by Crippen LogP contribution is -1.97. The molecule has 0 bridgehead atoms. The van der Waals surface area contributed by atoms with Crippen molar-refractivity contribution >= 4 is 11.9 Å². The second kappa shape index (κ2) is 4.04. The minimum absolute atomic E-state index is 0.281. The highest BCUT2D eigenvalue weighted by atomic mass is 16.6. The van der Waals surface area contributed by atoms with E-state index in [1.54, 1.807) is 18.2 Å². The van der Waals surface area contributed by atoms with Gasteiger partial charge in [0.1, 0.15) is 0 Å². The van der Waals surface area contributed by atoms with Crippen LogP contribution in [0.4, 0.5) is 0 Å².